The fourth-order valence-corrected chi connectivity index (χ4v) is 8.43. The van der Waals surface area contributed by atoms with Crippen molar-refractivity contribution in [2.45, 2.75) is 96.9 Å². The third kappa shape index (κ3) is 8.43. The van der Waals surface area contributed by atoms with Crippen molar-refractivity contribution < 1.29 is 19.5 Å². The van der Waals surface area contributed by atoms with Crippen LogP contribution in [-0.4, -0.2) is 56.9 Å². The van der Waals surface area contributed by atoms with Gasteiger partial charge >= 0.3 is 5.97 Å². The molecule has 1 atom stereocenters. The summed E-state index contributed by atoms with van der Waals surface area (Å²) in [6.07, 6.45) is 19.0. The van der Waals surface area contributed by atoms with Gasteiger partial charge in [0.25, 0.3) is 5.91 Å². The Bertz CT molecular complexity index is 1740. The summed E-state index contributed by atoms with van der Waals surface area (Å²) in [7, 11) is 0. The van der Waals surface area contributed by atoms with Crippen LogP contribution in [0.15, 0.2) is 66.5 Å². The number of carboxylic acids is 1. The SMILES string of the molecule is CCCC1CCC(C2=CC=C(c3cnc(-c4ccc(C[C@H](NC(=O)c5ccc(C(C)(C)C)s5)C(=O)N5CC(C(=O)O)C5)cc4)nc3)CC2)CC1. The van der Waals surface area contributed by atoms with E-state index >= 15 is 0 Å². The molecule has 0 bridgehead atoms. The number of hydrogen-bond acceptors (Lipinski definition) is 6. The van der Waals surface area contributed by atoms with Crippen molar-refractivity contribution in [1.29, 1.82) is 0 Å². The number of carbonyl (C=O) groups is 3. The van der Waals surface area contributed by atoms with Crippen molar-refractivity contribution in [2.75, 3.05) is 13.1 Å². The summed E-state index contributed by atoms with van der Waals surface area (Å²) in [5.74, 6) is 0.238. The number of benzene rings is 1. The largest absolute Gasteiger partial charge is 0.481 e. The van der Waals surface area contributed by atoms with Crippen LogP contribution in [0.2, 0.25) is 0 Å². The molecular weight excluding hydrogens is 645 g/mol. The van der Waals surface area contributed by atoms with E-state index in [2.05, 4.69) is 45.2 Å². The Morgan fingerprint density at radius 3 is 2.22 bits per heavy atom. The van der Waals surface area contributed by atoms with Gasteiger partial charge in [-0.3, -0.25) is 14.4 Å². The molecule has 2 aliphatic carbocycles. The molecule has 1 aliphatic heterocycles. The topological polar surface area (TPSA) is 112 Å². The van der Waals surface area contributed by atoms with Crippen molar-refractivity contribution in [3.8, 4) is 11.4 Å². The van der Waals surface area contributed by atoms with Gasteiger partial charge in [-0.1, -0.05) is 82.5 Å². The monoisotopic (exact) mass is 694 g/mol. The minimum atomic E-state index is -0.912. The maximum atomic E-state index is 13.5. The van der Waals surface area contributed by atoms with E-state index in [1.165, 1.54) is 60.3 Å². The first-order chi connectivity index (χ1) is 24.0. The molecule has 1 saturated carbocycles. The normalized spacial score (nSPS) is 20.4. The lowest BCUT2D eigenvalue weighted by molar-refractivity contribution is -0.153. The number of likely N-dealkylation sites (tertiary alicyclic amines) is 1. The number of nitrogens with one attached hydrogen (secondary N) is 1. The highest BCUT2D eigenvalue weighted by Crippen LogP contribution is 2.39. The predicted molar refractivity (Wildman–Crippen MR) is 199 cm³/mol. The summed E-state index contributed by atoms with van der Waals surface area (Å²) >= 11 is 1.42. The number of allylic oxidation sites excluding steroid dienone is 4. The first-order valence-electron chi connectivity index (χ1n) is 18.2. The summed E-state index contributed by atoms with van der Waals surface area (Å²) in [6.45, 7) is 8.88. The molecule has 50 heavy (non-hydrogen) atoms. The molecule has 0 unspecified atom stereocenters. The molecule has 0 radical (unpaired) electrons. The lowest BCUT2D eigenvalue weighted by Gasteiger charge is -2.38. The molecule has 3 aliphatic rings. The number of carbonyl (C=O) groups excluding carboxylic acids is 2. The van der Waals surface area contributed by atoms with Gasteiger partial charge in [0.05, 0.1) is 10.8 Å². The quantitative estimate of drug-likeness (QED) is 0.210. The maximum Gasteiger partial charge on any atom is 0.310 e. The summed E-state index contributed by atoms with van der Waals surface area (Å²) in [5.41, 5.74) is 5.60. The standard InChI is InChI=1S/C41H50N4O4S/c1-5-6-26-7-11-28(12-8-26)29-15-17-30(18-16-29)32-22-42-37(43-23-32)31-13-9-27(10-14-31)21-34(39(47)45-24-33(25-45)40(48)49)44-38(46)35-19-20-36(50-35)41(2,3)4/h9-10,13-15,17,19-20,22-23,26,28,33-34H,5-8,11-12,16,18,21,24-25H2,1-4H3,(H,44,46)(H,48,49)/t26?,28?,34-/m0/s1. The van der Waals surface area contributed by atoms with Gasteiger partial charge in [0.2, 0.25) is 5.91 Å². The van der Waals surface area contributed by atoms with Crippen LogP contribution in [0.25, 0.3) is 17.0 Å². The highest BCUT2D eigenvalue weighted by atomic mass is 32.1. The van der Waals surface area contributed by atoms with Crippen molar-refractivity contribution in [3.63, 3.8) is 0 Å². The number of hydrogen-bond donors (Lipinski definition) is 2. The smallest absolute Gasteiger partial charge is 0.310 e. The Balaban J connectivity index is 1.10. The zero-order chi connectivity index (χ0) is 35.4. The number of rotatable bonds is 11. The van der Waals surface area contributed by atoms with Crippen LogP contribution in [0.5, 0.6) is 0 Å². The number of aliphatic carboxylic acids is 1. The molecular formula is C41H50N4O4S. The molecule has 1 saturated heterocycles. The Hall–Kier alpha value is -4.11. The second-order valence-corrected chi connectivity index (χ2v) is 16.4. The Kier molecular flexibility index (Phi) is 11.0. The molecule has 264 valence electrons. The van der Waals surface area contributed by atoms with Gasteiger partial charge in [-0.25, -0.2) is 9.97 Å². The van der Waals surface area contributed by atoms with Gasteiger partial charge in [0.15, 0.2) is 5.82 Å². The third-order valence-electron chi connectivity index (χ3n) is 10.6. The molecule has 2 N–H and O–H groups in total. The Morgan fingerprint density at radius 1 is 0.940 bits per heavy atom. The summed E-state index contributed by atoms with van der Waals surface area (Å²) in [6, 6.07) is 10.7. The second-order valence-electron chi connectivity index (χ2n) is 15.4. The number of aromatic nitrogens is 2. The fraction of sp³-hybridized carbons (Fsp3) is 0.488. The number of amides is 2. The summed E-state index contributed by atoms with van der Waals surface area (Å²) < 4.78 is 0. The maximum absolute atomic E-state index is 13.5. The first-order valence-corrected chi connectivity index (χ1v) is 19.0. The van der Waals surface area contributed by atoms with Gasteiger partial charge in [-0.15, -0.1) is 11.3 Å². The highest BCUT2D eigenvalue weighted by molar-refractivity contribution is 7.14. The van der Waals surface area contributed by atoms with Crippen molar-refractivity contribution in [1.82, 2.24) is 20.2 Å². The van der Waals surface area contributed by atoms with Crippen molar-refractivity contribution in [3.05, 3.63) is 87.4 Å². The molecule has 6 rings (SSSR count). The molecule has 2 amide bonds. The predicted octanol–water partition coefficient (Wildman–Crippen LogP) is 8.10. The molecule has 3 aromatic rings. The minimum Gasteiger partial charge on any atom is -0.481 e. The van der Waals surface area contributed by atoms with Crippen molar-refractivity contribution >= 4 is 34.7 Å². The molecule has 0 spiro atoms. The van der Waals surface area contributed by atoms with Gasteiger partial charge in [0.1, 0.15) is 6.04 Å². The van der Waals surface area contributed by atoms with Gasteiger partial charge in [0, 0.05) is 47.9 Å². The van der Waals surface area contributed by atoms with Gasteiger partial charge in [-0.2, -0.15) is 0 Å². The summed E-state index contributed by atoms with van der Waals surface area (Å²) in [4.78, 5) is 50.7. The lowest BCUT2D eigenvalue weighted by atomic mass is 9.75. The zero-order valence-electron chi connectivity index (χ0n) is 29.8. The first kappa shape index (κ1) is 35.7. The number of nitrogens with zero attached hydrogens (tertiary/aromatic N) is 3. The van der Waals surface area contributed by atoms with E-state index in [4.69, 9.17) is 9.97 Å². The second kappa shape index (κ2) is 15.4. The molecule has 1 aromatic carbocycles. The molecule has 9 heteroatoms. The third-order valence-corrected chi connectivity index (χ3v) is 12.1. The van der Waals surface area contributed by atoms with E-state index in [0.717, 1.165) is 46.2 Å². The van der Waals surface area contributed by atoms with Crippen LogP contribution < -0.4 is 5.32 Å². The summed E-state index contributed by atoms with van der Waals surface area (Å²) in [5, 5.41) is 12.3. The fourth-order valence-electron chi connectivity index (χ4n) is 7.46. The zero-order valence-corrected chi connectivity index (χ0v) is 30.6. The van der Waals surface area contributed by atoms with Crippen LogP contribution >= 0.6 is 11.3 Å². The van der Waals surface area contributed by atoms with E-state index < -0.39 is 17.9 Å². The Morgan fingerprint density at radius 2 is 1.64 bits per heavy atom. The number of carboxylic acid groups (broad SMARTS) is 1. The lowest BCUT2D eigenvalue weighted by Crippen LogP contribution is -2.59. The highest BCUT2D eigenvalue weighted by Gasteiger charge is 2.39. The molecule has 2 fully saturated rings. The Labute approximate surface area is 300 Å². The van der Waals surface area contributed by atoms with Crippen LogP contribution in [0.3, 0.4) is 0 Å². The van der Waals surface area contributed by atoms with E-state index in [-0.39, 0.29) is 36.7 Å². The number of thiophene rings is 1. The van der Waals surface area contributed by atoms with Crippen LogP contribution in [0.1, 0.15) is 105 Å². The average Bonchev–Trinajstić information content (AvgIpc) is 3.60. The van der Waals surface area contributed by atoms with Gasteiger partial charge in [-0.05, 0) is 79.0 Å². The van der Waals surface area contributed by atoms with E-state index in [1.54, 1.807) is 11.6 Å². The van der Waals surface area contributed by atoms with E-state index in [0.29, 0.717) is 10.7 Å². The van der Waals surface area contributed by atoms with Crippen LogP contribution in [0, 0.1) is 17.8 Å². The van der Waals surface area contributed by atoms with E-state index in [1.807, 2.05) is 42.7 Å². The van der Waals surface area contributed by atoms with Crippen LogP contribution in [-0.2, 0) is 21.4 Å². The molecule has 2 aromatic heterocycles. The van der Waals surface area contributed by atoms with Gasteiger partial charge < -0.3 is 15.3 Å². The molecule has 8 nitrogen and oxygen atoms in total. The minimum absolute atomic E-state index is 0.0884. The van der Waals surface area contributed by atoms with Crippen molar-refractivity contribution in [2.24, 2.45) is 17.8 Å². The van der Waals surface area contributed by atoms with Crippen LogP contribution in [0.4, 0.5) is 0 Å². The molecule has 3 heterocycles. The average molecular weight is 695 g/mol. The van der Waals surface area contributed by atoms with E-state index in [9.17, 15) is 19.5 Å².